The molecule has 2 unspecified atom stereocenters. The van der Waals surface area contributed by atoms with Crippen LogP contribution in [0.2, 0.25) is 0 Å². The van der Waals surface area contributed by atoms with E-state index >= 15 is 0 Å². The number of nitrogens with one attached hydrogen (secondary N) is 1. The Morgan fingerprint density at radius 1 is 1.29 bits per heavy atom. The van der Waals surface area contributed by atoms with E-state index in [1.807, 2.05) is 6.92 Å². The molecule has 0 aromatic rings. The minimum Gasteiger partial charge on any atom is -0.465 e. The fourth-order valence-electron chi connectivity index (χ4n) is 3.50. The standard InChI is InChI=1S/C16H28N2O3/c1-3-21-15(19)16(12-4-5-12,17-13-6-7-13)11-18-9-8-14(10-18)20-2/h12-14,17H,3-11H2,1-2H3. The fourth-order valence-corrected chi connectivity index (χ4v) is 3.50. The Kier molecular flexibility index (Phi) is 4.52. The third-order valence-electron chi connectivity index (χ3n) is 4.99. The van der Waals surface area contributed by atoms with Crippen molar-refractivity contribution in [2.75, 3.05) is 33.4 Å². The van der Waals surface area contributed by atoms with Gasteiger partial charge < -0.3 is 9.47 Å². The lowest BCUT2D eigenvalue weighted by molar-refractivity contribution is -0.153. The summed E-state index contributed by atoms with van der Waals surface area (Å²) in [6.07, 6.45) is 6.03. The predicted molar refractivity (Wildman–Crippen MR) is 80.1 cm³/mol. The maximum absolute atomic E-state index is 12.7. The van der Waals surface area contributed by atoms with Gasteiger partial charge in [0.05, 0.1) is 12.7 Å². The minimum atomic E-state index is -0.486. The van der Waals surface area contributed by atoms with E-state index in [9.17, 15) is 4.79 Å². The van der Waals surface area contributed by atoms with Gasteiger partial charge in [-0.3, -0.25) is 10.2 Å². The first-order chi connectivity index (χ1) is 10.2. The van der Waals surface area contributed by atoms with Crippen LogP contribution in [0.5, 0.6) is 0 Å². The maximum atomic E-state index is 12.7. The summed E-state index contributed by atoms with van der Waals surface area (Å²) in [5.74, 6) is 0.402. The van der Waals surface area contributed by atoms with E-state index < -0.39 is 5.54 Å². The second-order valence-corrected chi connectivity index (χ2v) is 6.77. The monoisotopic (exact) mass is 296 g/mol. The Balaban J connectivity index is 1.72. The van der Waals surface area contributed by atoms with Crippen molar-refractivity contribution in [1.82, 2.24) is 10.2 Å². The van der Waals surface area contributed by atoms with Gasteiger partial charge in [-0.2, -0.15) is 0 Å². The van der Waals surface area contributed by atoms with E-state index in [2.05, 4.69) is 10.2 Å². The number of methoxy groups -OCH3 is 1. The van der Waals surface area contributed by atoms with E-state index in [1.54, 1.807) is 7.11 Å². The lowest BCUT2D eigenvalue weighted by Crippen LogP contribution is -2.62. The maximum Gasteiger partial charge on any atom is 0.327 e. The molecule has 0 spiro atoms. The summed E-state index contributed by atoms with van der Waals surface area (Å²) in [5.41, 5.74) is -0.486. The molecule has 1 saturated heterocycles. The van der Waals surface area contributed by atoms with Gasteiger partial charge in [0.1, 0.15) is 5.54 Å². The molecule has 2 atom stereocenters. The molecule has 1 aliphatic heterocycles. The number of rotatable bonds is 8. The molecule has 0 radical (unpaired) electrons. The van der Waals surface area contributed by atoms with Gasteiger partial charge in [0.2, 0.25) is 0 Å². The van der Waals surface area contributed by atoms with E-state index in [0.29, 0.717) is 24.7 Å². The van der Waals surface area contributed by atoms with Crippen molar-refractivity contribution >= 4 is 5.97 Å². The van der Waals surface area contributed by atoms with Crippen LogP contribution in [0.3, 0.4) is 0 Å². The number of hydrogen-bond donors (Lipinski definition) is 1. The van der Waals surface area contributed by atoms with Crippen LogP contribution in [0.1, 0.15) is 39.0 Å². The Bertz CT molecular complexity index is 382. The highest BCUT2D eigenvalue weighted by molar-refractivity contribution is 5.82. The molecular formula is C16H28N2O3. The second kappa shape index (κ2) is 6.23. The Hall–Kier alpha value is -0.650. The molecular weight excluding hydrogens is 268 g/mol. The molecule has 0 aromatic carbocycles. The fraction of sp³-hybridized carbons (Fsp3) is 0.938. The average Bonchev–Trinajstić information content (AvgIpc) is 3.38. The summed E-state index contributed by atoms with van der Waals surface area (Å²) in [6, 6.07) is 0.510. The van der Waals surface area contributed by atoms with Gasteiger partial charge >= 0.3 is 5.97 Å². The number of hydrogen-bond acceptors (Lipinski definition) is 5. The highest BCUT2D eigenvalue weighted by Gasteiger charge is 2.55. The molecule has 1 N–H and O–H groups in total. The SMILES string of the molecule is CCOC(=O)C(CN1CCC(OC)C1)(NC1CC1)C1CC1. The topological polar surface area (TPSA) is 50.8 Å². The molecule has 2 aliphatic carbocycles. The first-order valence-corrected chi connectivity index (χ1v) is 8.38. The van der Waals surface area contributed by atoms with Crippen LogP contribution in [0.15, 0.2) is 0 Å². The molecule has 21 heavy (non-hydrogen) atoms. The van der Waals surface area contributed by atoms with Gasteiger partial charge in [-0.25, -0.2) is 4.79 Å². The second-order valence-electron chi connectivity index (χ2n) is 6.77. The minimum absolute atomic E-state index is 0.0414. The number of nitrogens with zero attached hydrogens (tertiary/aromatic N) is 1. The number of esters is 1. The van der Waals surface area contributed by atoms with E-state index in [4.69, 9.17) is 9.47 Å². The van der Waals surface area contributed by atoms with Crippen LogP contribution in [-0.4, -0.2) is 61.9 Å². The first-order valence-electron chi connectivity index (χ1n) is 8.38. The van der Waals surface area contributed by atoms with E-state index in [1.165, 1.54) is 12.8 Å². The quantitative estimate of drug-likeness (QED) is 0.682. The molecule has 0 aromatic heterocycles. The Morgan fingerprint density at radius 3 is 2.57 bits per heavy atom. The molecule has 3 fully saturated rings. The van der Waals surface area contributed by atoms with E-state index in [0.717, 1.165) is 38.9 Å². The third-order valence-corrected chi connectivity index (χ3v) is 4.99. The van der Waals surface area contributed by atoms with Crippen molar-refractivity contribution in [1.29, 1.82) is 0 Å². The van der Waals surface area contributed by atoms with E-state index in [-0.39, 0.29) is 5.97 Å². The summed E-state index contributed by atoms with van der Waals surface area (Å²) in [7, 11) is 1.77. The molecule has 5 heteroatoms. The van der Waals surface area contributed by atoms with Gasteiger partial charge in [0.15, 0.2) is 0 Å². The molecule has 2 saturated carbocycles. The van der Waals surface area contributed by atoms with Crippen molar-refractivity contribution in [3.63, 3.8) is 0 Å². The molecule has 3 rings (SSSR count). The van der Waals surface area contributed by atoms with Crippen LogP contribution < -0.4 is 5.32 Å². The normalized spacial score (nSPS) is 29.3. The van der Waals surface area contributed by atoms with Crippen LogP contribution in [0.4, 0.5) is 0 Å². The zero-order valence-corrected chi connectivity index (χ0v) is 13.3. The first kappa shape index (κ1) is 15.3. The summed E-state index contributed by atoms with van der Waals surface area (Å²) in [5, 5.41) is 3.65. The summed E-state index contributed by atoms with van der Waals surface area (Å²) < 4.78 is 10.9. The summed E-state index contributed by atoms with van der Waals surface area (Å²) in [6.45, 7) is 5.06. The van der Waals surface area contributed by atoms with Gasteiger partial charge in [-0.05, 0) is 44.9 Å². The molecule has 120 valence electrons. The number of carbonyl (C=O) groups is 1. The van der Waals surface area contributed by atoms with Crippen molar-refractivity contribution < 1.29 is 14.3 Å². The van der Waals surface area contributed by atoms with Crippen LogP contribution in [0.25, 0.3) is 0 Å². The van der Waals surface area contributed by atoms with Gasteiger partial charge in [0.25, 0.3) is 0 Å². The molecule has 5 nitrogen and oxygen atoms in total. The van der Waals surface area contributed by atoms with Crippen molar-refractivity contribution in [2.45, 2.75) is 56.7 Å². The predicted octanol–water partition coefficient (Wildman–Crippen LogP) is 1.17. The van der Waals surface area contributed by atoms with Crippen molar-refractivity contribution in [2.24, 2.45) is 5.92 Å². The summed E-state index contributed by atoms with van der Waals surface area (Å²) >= 11 is 0. The van der Waals surface area contributed by atoms with Crippen LogP contribution in [-0.2, 0) is 14.3 Å². The number of ether oxygens (including phenoxy) is 2. The summed E-state index contributed by atoms with van der Waals surface area (Å²) in [4.78, 5) is 15.1. The lowest BCUT2D eigenvalue weighted by atomic mass is 9.92. The van der Waals surface area contributed by atoms with Gasteiger partial charge in [0, 0.05) is 32.8 Å². The van der Waals surface area contributed by atoms with Gasteiger partial charge in [-0.15, -0.1) is 0 Å². The lowest BCUT2D eigenvalue weighted by Gasteiger charge is -2.36. The molecule has 3 aliphatic rings. The van der Waals surface area contributed by atoms with Crippen molar-refractivity contribution in [3.8, 4) is 0 Å². The average molecular weight is 296 g/mol. The molecule has 0 bridgehead atoms. The number of likely N-dealkylation sites (tertiary alicyclic amines) is 1. The van der Waals surface area contributed by atoms with Crippen molar-refractivity contribution in [3.05, 3.63) is 0 Å². The van der Waals surface area contributed by atoms with Crippen LogP contribution in [0, 0.1) is 5.92 Å². The molecule has 0 amide bonds. The Morgan fingerprint density at radius 2 is 2.05 bits per heavy atom. The van der Waals surface area contributed by atoms with Gasteiger partial charge in [-0.1, -0.05) is 0 Å². The third kappa shape index (κ3) is 3.41. The van der Waals surface area contributed by atoms with Crippen LogP contribution >= 0.6 is 0 Å². The number of carbonyl (C=O) groups excluding carboxylic acids is 1. The molecule has 1 heterocycles. The zero-order valence-electron chi connectivity index (χ0n) is 13.3. The highest BCUT2D eigenvalue weighted by atomic mass is 16.5. The highest BCUT2D eigenvalue weighted by Crippen LogP contribution is 2.43. The Labute approximate surface area is 127 Å². The smallest absolute Gasteiger partial charge is 0.327 e. The zero-order chi connectivity index (χ0) is 14.9. The largest absolute Gasteiger partial charge is 0.465 e.